The molecule has 3 amide bonds. The fraction of sp³-hybridized carbons (Fsp3) is 0.300. The Kier molecular flexibility index (Phi) is 6.33. The molecule has 0 saturated heterocycles. The largest absolute Gasteiger partial charge is 0.345 e. The quantitative estimate of drug-likeness (QED) is 0.392. The van der Waals surface area contributed by atoms with Crippen LogP contribution in [0.3, 0.4) is 0 Å². The number of benzene rings is 1. The van der Waals surface area contributed by atoms with E-state index in [1.165, 1.54) is 6.08 Å². The van der Waals surface area contributed by atoms with Crippen LogP contribution in [0.5, 0.6) is 0 Å². The maximum atomic E-state index is 12.0. The third-order valence-corrected chi connectivity index (χ3v) is 4.90. The van der Waals surface area contributed by atoms with Crippen molar-refractivity contribution in [3.63, 3.8) is 0 Å². The molecule has 0 atom stereocenters. The van der Waals surface area contributed by atoms with Gasteiger partial charge in [-0.1, -0.05) is 29.8 Å². The van der Waals surface area contributed by atoms with Gasteiger partial charge in [0.1, 0.15) is 0 Å². The number of carbonyl (C=O) groups excluding carboxylic acids is 3. The molecule has 1 aromatic carbocycles. The number of hydrogen-bond donors (Lipinski definition) is 3. The lowest BCUT2D eigenvalue weighted by atomic mass is 10.1. The average molecular weight is 416 g/mol. The van der Waals surface area contributed by atoms with Crippen molar-refractivity contribution < 1.29 is 14.4 Å². The van der Waals surface area contributed by atoms with Crippen LogP contribution < -0.4 is 16.2 Å². The van der Waals surface area contributed by atoms with Gasteiger partial charge in [0, 0.05) is 28.4 Å². The number of nitrogens with zero attached hydrogens (tertiary/aromatic N) is 2. The average Bonchev–Trinajstić information content (AvgIpc) is 3.46. The Hall–Kier alpha value is -3.13. The smallest absolute Gasteiger partial charge is 0.327 e. The summed E-state index contributed by atoms with van der Waals surface area (Å²) in [7, 11) is 0. The topological polar surface area (TPSA) is 105 Å². The van der Waals surface area contributed by atoms with Crippen LogP contribution in [-0.4, -0.2) is 33.5 Å². The molecule has 29 heavy (non-hydrogen) atoms. The van der Waals surface area contributed by atoms with E-state index < -0.39 is 17.7 Å². The normalized spacial score (nSPS) is 13.3. The highest BCUT2D eigenvalue weighted by Gasteiger charge is 2.26. The first-order valence-electron chi connectivity index (χ1n) is 9.21. The first-order chi connectivity index (χ1) is 13.8. The van der Waals surface area contributed by atoms with Gasteiger partial charge in [0.2, 0.25) is 0 Å². The molecule has 1 aliphatic rings. The summed E-state index contributed by atoms with van der Waals surface area (Å²) in [6, 6.07) is 7.61. The van der Waals surface area contributed by atoms with Crippen molar-refractivity contribution in [2.45, 2.75) is 39.3 Å². The van der Waals surface area contributed by atoms with Crippen LogP contribution in [-0.2, 0) is 20.9 Å². The number of aromatic nitrogens is 2. The third-order valence-electron chi connectivity index (χ3n) is 4.53. The monoisotopic (exact) mass is 415 g/mol. The molecule has 9 heteroatoms. The number of hydrazine groups is 1. The van der Waals surface area contributed by atoms with Gasteiger partial charge in [0.25, 0.3) is 5.91 Å². The molecule has 2 aromatic rings. The summed E-state index contributed by atoms with van der Waals surface area (Å²) in [5, 5.41) is 7.71. The predicted molar refractivity (Wildman–Crippen MR) is 109 cm³/mol. The second-order valence-electron chi connectivity index (χ2n) is 6.86. The summed E-state index contributed by atoms with van der Waals surface area (Å²) in [5.74, 6) is -2.22. The number of aryl methyl sites for hydroxylation is 1. The summed E-state index contributed by atoms with van der Waals surface area (Å²) >= 11 is 6.22. The van der Waals surface area contributed by atoms with Crippen LogP contribution in [0.2, 0.25) is 5.02 Å². The van der Waals surface area contributed by atoms with Crippen molar-refractivity contribution in [2.24, 2.45) is 0 Å². The van der Waals surface area contributed by atoms with E-state index in [0.29, 0.717) is 11.6 Å². The third kappa shape index (κ3) is 5.45. The van der Waals surface area contributed by atoms with E-state index in [9.17, 15) is 14.4 Å². The molecule has 3 N–H and O–H groups in total. The van der Waals surface area contributed by atoms with Crippen LogP contribution in [0.4, 0.5) is 0 Å². The number of nitrogens with one attached hydrogen (secondary N) is 3. The van der Waals surface area contributed by atoms with Crippen molar-refractivity contribution in [2.75, 3.05) is 0 Å². The van der Waals surface area contributed by atoms with Crippen molar-refractivity contribution >= 4 is 35.4 Å². The zero-order valence-electron chi connectivity index (χ0n) is 16.2. The first kappa shape index (κ1) is 20.6. The highest BCUT2D eigenvalue weighted by Crippen LogP contribution is 2.20. The zero-order chi connectivity index (χ0) is 21.0. The minimum atomic E-state index is -0.904. The predicted octanol–water partition coefficient (Wildman–Crippen LogP) is 1.64. The van der Waals surface area contributed by atoms with Crippen LogP contribution in [0.1, 0.15) is 35.4 Å². The first-order valence-corrected chi connectivity index (χ1v) is 9.59. The van der Waals surface area contributed by atoms with Gasteiger partial charge in [-0.2, -0.15) is 5.10 Å². The van der Waals surface area contributed by atoms with Crippen molar-refractivity contribution in [3.05, 3.63) is 57.9 Å². The molecule has 1 saturated carbocycles. The molecule has 152 valence electrons. The molecule has 8 nitrogen and oxygen atoms in total. The Morgan fingerprint density at radius 2 is 1.90 bits per heavy atom. The van der Waals surface area contributed by atoms with E-state index in [2.05, 4.69) is 21.3 Å². The molecule has 1 aromatic heterocycles. The Labute approximate surface area is 173 Å². The van der Waals surface area contributed by atoms with Gasteiger partial charge in [0.15, 0.2) is 0 Å². The molecule has 0 spiro atoms. The molecule has 1 aliphatic carbocycles. The number of carbonyl (C=O) groups is 3. The van der Waals surface area contributed by atoms with Gasteiger partial charge in [-0.05, 0) is 44.4 Å². The second kappa shape index (κ2) is 8.91. The molecule has 0 bridgehead atoms. The molecular weight excluding hydrogens is 394 g/mol. The summed E-state index contributed by atoms with van der Waals surface area (Å²) in [5.41, 5.74) is 7.65. The highest BCUT2D eigenvalue weighted by atomic mass is 35.5. The van der Waals surface area contributed by atoms with Gasteiger partial charge in [0.05, 0.1) is 12.2 Å². The fourth-order valence-electron chi connectivity index (χ4n) is 2.75. The Morgan fingerprint density at radius 1 is 1.17 bits per heavy atom. The Balaban J connectivity index is 1.59. The van der Waals surface area contributed by atoms with E-state index in [0.717, 1.165) is 35.4 Å². The lowest BCUT2D eigenvalue weighted by molar-refractivity contribution is -0.140. The molecule has 0 aliphatic heterocycles. The van der Waals surface area contributed by atoms with Gasteiger partial charge in [-0.15, -0.1) is 0 Å². The number of amides is 3. The molecular formula is C20H22ClN5O3. The fourth-order valence-corrected chi connectivity index (χ4v) is 2.94. The molecule has 0 radical (unpaired) electrons. The van der Waals surface area contributed by atoms with Crippen LogP contribution in [0, 0.1) is 13.8 Å². The lowest BCUT2D eigenvalue weighted by Crippen LogP contribution is -2.48. The van der Waals surface area contributed by atoms with Crippen LogP contribution in [0.25, 0.3) is 6.08 Å². The molecule has 1 heterocycles. The number of rotatable bonds is 5. The van der Waals surface area contributed by atoms with E-state index >= 15 is 0 Å². The summed E-state index contributed by atoms with van der Waals surface area (Å²) < 4.78 is 1.82. The lowest BCUT2D eigenvalue weighted by Gasteiger charge is -2.07. The highest BCUT2D eigenvalue weighted by molar-refractivity contribution is 6.35. The van der Waals surface area contributed by atoms with Crippen molar-refractivity contribution in [3.8, 4) is 0 Å². The molecule has 0 unspecified atom stereocenters. The maximum Gasteiger partial charge on any atom is 0.327 e. The standard InChI is InChI=1S/C20H22ClN5O3/c1-12-16(13(2)26(25-12)11-14-5-3-4-6-17(14)21)9-10-18(27)23-24-20(29)19(28)22-15-7-8-15/h3-6,9-10,15H,7-8,11H2,1-2H3,(H,22,28)(H,23,27)(H,24,29)/b10-9+. The molecule has 3 rings (SSSR count). The minimum Gasteiger partial charge on any atom is -0.345 e. The van der Waals surface area contributed by atoms with E-state index in [1.54, 1.807) is 6.08 Å². The van der Waals surface area contributed by atoms with Gasteiger partial charge >= 0.3 is 11.8 Å². The van der Waals surface area contributed by atoms with Gasteiger partial charge < -0.3 is 5.32 Å². The Morgan fingerprint density at radius 3 is 2.59 bits per heavy atom. The van der Waals surface area contributed by atoms with E-state index in [4.69, 9.17) is 11.6 Å². The van der Waals surface area contributed by atoms with Gasteiger partial charge in [-0.3, -0.25) is 29.9 Å². The maximum absolute atomic E-state index is 12.0. The zero-order valence-corrected chi connectivity index (χ0v) is 16.9. The SMILES string of the molecule is Cc1nn(Cc2ccccc2Cl)c(C)c1/C=C/C(=O)NNC(=O)C(=O)NC1CC1. The van der Waals surface area contributed by atoms with Crippen LogP contribution in [0.15, 0.2) is 30.3 Å². The Bertz CT molecular complexity index is 978. The summed E-state index contributed by atoms with van der Waals surface area (Å²) in [4.78, 5) is 35.1. The van der Waals surface area contributed by atoms with Crippen LogP contribution >= 0.6 is 11.6 Å². The van der Waals surface area contributed by atoms with E-state index in [-0.39, 0.29) is 6.04 Å². The van der Waals surface area contributed by atoms with Crippen molar-refractivity contribution in [1.29, 1.82) is 0 Å². The van der Waals surface area contributed by atoms with Gasteiger partial charge in [-0.25, -0.2) is 0 Å². The summed E-state index contributed by atoms with van der Waals surface area (Å²) in [6.45, 7) is 4.26. The second-order valence-corrected chi connectivity index (χ2v) is 7.27. The number of hydrogen-bond acceptors (Lipinski definition) is 4. The van der Waals surface area contributed by atoms with E-state index in [1.807, 2.05) is 42.8 Å². The summed E-state index contributed by atoms with van der Waals surface area (Å²) in [6.07, 6.45) is 4.64. The molecule has 1 fully saturated rings. The number of halogens is 1. The van der Waals surface area contributed by atoms with Crippen molar-refractivity contribution in [1.82, 2.24) is 25.9 Å². The minimum absolute atomic E-state index is 0.0668.